The zero-order chi connectivity index (χ0) is 15.9. The maximum absolute atomic E-state index is 12.1. The predicted molar refractivity (Wildman–Crippen MR) is 90.5 cm³/mol. The summed E-state index contributed by atoms with van der Waals surface area (Å²) in [6.45, 7) is 4.54. The van der Waals surface area contributed by atoms with Gasteiger partial charge in [-0.1, -0.05) is 30.3 Å². The number of rotatable bonds is 7. The molecule has 3 nitrogen and oxygen atoms in total. The van der Waals surface area contributed by atoms with Crippen LogP contribution in [-0.4, -0.2) is 18.2 Å². The van der Waals surface area contributed by atoms with Crippen molar-refractivity contribution in [1.29, 1.82) is 0 Å². The third-order valence-electron chi connectivity index (χ3n) is 3.50. The third kappa shape index (κ3) is 4.81. The molecule has 0 aliphatic rings. The summed E-state index contributed by atoms with van der Waals surface area (Å²) >= 11 is 1.62. The fourth-order valence-electron chi connectivity index (χ4n) is 2.35. The van der Waals surface area contributed by atoms with Gasteiger partial charge in [-0.2, -0.15) is 0 Å². The van der Waals surface area contributed by atoms with E-state index in [1.165, 1.54) is 5.56 Å². The first-order valence-electron chi connectivity index (χ1n) is 7.47. The minimum atomic E-state index is -0.0612. The van der Waals surface area contributed by atoms with Gasteiger partial charge in [0.25, 0.3) is 0 Å². The Morgan fingerprint density at radius 1 is 1.09 bits per heavy atom. The minimum Gasteiger partial charge on any atom is -0.356 e. The Bertz CT molecular complexity index is 646. The Labute approximate surface area is 135 Å². The number of hydrogen-bond acceptors (Lipinski definition) is 3. The van der Waals surface area contributed by atoms with Gasteiger partial charge in [0.2, 0.25) is 5.91 Å². The van der Waals surface area contributed by atoms with Crippen molar-refractivity contribution in [2.75, 3.05) is 6.54 Å². The van der Waals surface area contributed by atoms with Gasteiger partial charge in [0.1, 0.15) is 0 Å². The molecule has 0 aliphatic heterocycles. The maximum Gasteiger partial charge on any atom is 0.220 e. The number of thiophene rings is 1. The molecule has 0 saturated heterocycles. The van der Waals surface area contributed by atoms with Gasteiger partial charge in [-0.25, -0.2) is 0 Å². The van der Waals surface area contributed by atoms with Crippen molar-refractivity contribution in [2.45, 2.75) is 33.1 Å². The molecule has 0 aliphatic carbocycles. The van der Waals surface area contributed by atoms with Crippen LogP contribution in [-0.2, 0) is 11.2 Å². The molecule has 0 unspecified atom stereocenters. The molecule has 1 N–H and O–H groups in total. The largest absolute Gasteiger partial charge is 0.356 e. The van der Waals surface area contributed by atoms with Crippen molar-refractivity contribution >= 4 is 23.0 Å². The molecule has 0 radical (unpaired) electrons. The van der Waals surface area contributed by atoms with Crippen LogP contribution >= 0.6 is 11.3 Å². The number of amides is 1. The molecule has 1 aromatic carbocycles. The molecule has 1 heterocycles. The van der Waals surface area contributed by atoms with Gasteiger partial charge in [-0.3, -0.25) is 9.59 Å². The lowest BCUT2D eigenvalue weighted by atomic mass is 10.1. The third-order valence-corrected chi connectivity index (χ3v) is 4.47. The van der Waals surface area contributed by atoms with Crippen LogP contribution in [0.1, 0.15) is 38.5 Å². The Hall–Kier alpha value is -1.94. The maximum atomic E-state index is 12.1. The van der Waals surface area contributed by atoms with Crippen molar-refractivity contribution in [3.63, 3.8) is 0 Å². The van der Waals surface area contributed by atoms with Gasteiger partial charge in [0.15, 0.2) is 5.78 Å². The number of nitrogens with one attached hydrogen (secondary N) is 1. The minimum absolute atomic E-state index is 0.0556. The van der Waals surface area contributed by atoms with E-state index in [1.54, 1.807) is 11.3 Å². The SMILES string of the molecule is Cc1cc(C(=O)CCC(=O)NCCc2ccccc2)c(C)s1. The quantitative estimate of drug-likeness (QED) is 0.792. The standard InChI is InChI=1S/C18H21NO2S/c1-13-12-16(14(2)22-13)17(20)8-9-18(21)19-11-10-15-6-4-3-5-7-15/h3-7,12H,8-11H2,1-2H3,(H,19,21). The number of Topliss-reactive ketones (excluding diaryl/α,β-unsaturated/α-hetero) is 1. The molecule has 0 atom stereocenters. The van der Waals surface area contributed by atoms with Crippen molar-refractivity contribution < 1.29 is 9.59 Å². The Kier molecular flexibility index (Phi) is 5.90. The first-order chi connectivity index (χ1) is 10.6. The number of ketones is 1. The van der Waals surface area contributed by atoms with E-state index < -0.39 is 0 Å². The molecule has 1 amide bonds. The average molecular weight is 315 g/mol. The molecule has 4 heteroatoms. The van der Waals surface area contributed by atoms with Crippen molar-refractivity contribution in [1.82, 2.24) is 5.32 Å². The molecule has 0 spiro atoms. The lowest BCUT2D eigenvalue weighted by Gasteiger charge is -2.05. The van der Waals surface area contributed by atoms with E-state index in [0.717, 1.165) is 21.7 Å². The zero-order valence-electron chi connectivity index (χ0n) is 13.0. The van der Waals surface area contributed by atoms with E-state index in [4.69, 9.17) is 0 Å². The summed E-state index contributed by atoms with van der Waals surface area (Å²) in [4.78, 5) is 26.1. The Morgan fingerprint density at radius 3 is 2.45 bits per heavy atom. The second-order valence-electron chi connectivity index (χ2n) is 5.34. The fourth-order valence-corrected chi connectivity index (χ4v) is 3.29. The zero-order valence-corrected chi connectivity index (χ0v) is 13.8. The summed E-state index contributed by atoms with van der Waals surface area (Å²) in [7, 11) is 0. The lowest BCUT2D eigenvalue weighted by Crippen LogP contribution is -2.26. The highest BCUT2D eigenvalue weighted by molar-refractivity contribution is 7.12. The normalized spacial score (nSPS) is 10.5. The van der Waals surface area contributed by atoms with E-state index in [1.807, 2.05) is 50.2 Å². The monoisotopic (exact) mass is 315 g/mol. The van der Waals surface area contributed by atoms with E-state index >= 15 is 0 Å². The Morgan fingerprint density at radius 2 is 1.82 bits per heavy atom. The molecule has 0 bridgehead atoms. The second kappa shape index (κ2) is 7.90. The molecule has 116 valence electrons. The van der Waals surface area contributed by atoms with E-state index in [-0.39, 0.29) is 24.5 Å². The number of aryl methyl sites for hydroxylation is 2. The molecule has 0 saturated carbocycles. The summed E-state index contributed by atoms with van der Waals surface area (Å²) in [6.07, 6.45) is 1.33. The van der Waals surface area contributed by atoms with Crippen molar-refractivity contribution in [3.05, 3.63) is 57.3 Å². The predicted octanol–water partition coefficient (Wildman–Crippen LogP) is 3.69. The van der Waals surface area contributed by atoms with Gasteiger partial charge in [0.05, 0.1) is 0 Å². The molecule has 22 heavy (non-hydrogen) atoms. The molecular weight excluding hydrogens is 294 g/mol. The summed E-state index contributed by atoms with van der Waals surface area (Å²) < 4.78 is 0. The number of carbonyl (C=O) groups excluding carboxylic acids is 2. The van der Waals surface area contributed by atoms with Crippen LogP contribution in [0.3, 0.4) is 0 Å². The van der Waals surface area contributed by atoms with Crippen LogP contribution in [0, 0.1) is 13.8 Å². The van der Waals surface area contributed by atoms with E-state index in [2.05, 4.69) is 5.32 Å². The van der Waals surface area contributed by atoms with Gasteiger partial charge in [0, 0.05) is 34.7 Å². The van der Waals surface area contributed by atoms with E-state index in [9.17, 15) is 9.59 Å². The summed E-state index contributed by atoms with van der Waals surface area (Å²) in [5, 5.41) is 2.87. The Balaban J connectivity index is 1.71. The molecule has 0 fully saturated rings. The van der Waals surface area contributed by atoms with Crippen LogP contribution in [0.5, 0.6) is 0 Å². The second-order valence-corrected chi connectivity index (χ2v) is 6.80. The highest BCUT2D eigenvalue weighted by Crippen LogP contribution is 2.22. The topological polar surface area (TPSA) is 46.2 Å². The van der Waals surface area contributed by atoms with Crippen LogP contribution in [0.25, 0.3) is 0 Å². The number of carbonyl (C=O) groups is 2. The van der Waals surface area contributed by atoms with Gasteiger partial charge >= 0.3 is 0 Å². The average Bonchev–Trinajstić information content (AvgIpc) is 2.84. The summed E-state index contributed by atoms with van der Waals surface area (Å²) in [5.74, 6) is -0.00561. The first-order valence-corrected chi connectivity index (χ1v) is 8.29. The number of benzene rings is 1. The molecular formula is C18H21NO2S. The molecule has 2 rings (SSSR count). The van der Waals surface area contributed by atoms with Crippen LogP contribution < -0.4 is 5.32 Å². The summed E-state index contributed by atoms with van der Waals surface area (Å²) in [6, 6.07) is 11.9. The smallest absolute Gasteiger partial charge is 0.220 e. The molecule has 1 aromatic heterocycles. The fraction of sp³-hybridized carbons (Fsp3) is 0.333. The lowest BCUT2D eigenvalue weighted by molar-refractivity contribution is -0.121. The van der Waals surface area contributed by atoms with E-state index in [0.29, 0.717) is 6.54 Å². The van der Waals surface area contributed by atoms with Crippen molar-refractivity contribution in [3.8, 4) is 0 Å². The highest BCUT2D eigenvalue weighted by atomic mass is 32.1. The number of hydrogen-bond donors (Lipinski definition) is 1. The van der Waals surface area contributed by atoms with Crippen LogP contribution in [0.15, 0.2) is 36.4 Å². The van der Waals surface area contributed by atoms with Crippen LogP contribution in [0.4, 0.5) is 0 Å². The highest BCUT2D eigenvalue weighted by Gasteiger charge is 2.13. The van der Waals surface area contributed by atoms with Gasteiger partial charge in [-0.15, -0.1) is 11.3 Å². The summed E-state index contributed by atoms with van der Waals surface area (Å²) in [5.41, 5.74) is 1.96. The van der Waals surface area contributed by atoms with Gasteiger partial charge < -0.3 is 5.32 Å². The van der Waals surface area contributed by atoms with Crippen LogP contribution in [0.2, 0.25) is 0 Å². The first kappa shape index (κ1) is 16.4. The molecule has 2 aromatic rings. The van der Waals surface area contributed by atoms with Crippen molar-refractivity contribution in [2.24, 2.45) is 0 Å². The van der Waals surface area contributed by atoms with Gasteiger partial charge in [-0.05, 0) is 31.9 Å².